The number of ether oxygens (including phenoxy) is 2. The third-order valence-corrected chi connectivity index (χ3v) is 4.15. The molecule has 0 saturated carbocycles. The van der Waals surface area contributed by atoms with Gasteiger partial charge in [-0.15, -0.1) is 0 Å². The Balaban J connectivity index is 0.00000151. The first-order chi connectivity index (χ1) is 12.0. The minimum Gasteiger partial charge on any atom is -0.502 e. The van der Waals surface area contributed by atoms with Gasteiger partial charge in [-0.1, -0.05) is 70.7 Å². The van der Waals surface area contributed by atoms with Crippen molar-refractivity contribution in [3.63, 3.8) is 0 Å². The van der Waals surface area contributed by atoms with Gasteiger partial charge in [0.1, 0.15) is 12.4 Å². The highest BCUT2D eigenvalue weighted by Crippen LogP contribution is 2.40. The lowest BCUT2D eigenvalue weighted by molar-refractivity contribution is 0.289. The van der Waals surface area contributed by atoms with Gasteiger partial charge in [-0.25, -0.2) is 0 Å². The van der Waals surface area contributed by atoms with Crippen LogP contribution in [0.15, 0.2) is 60.9 Å². The van der Waals surface area contributed by atoms with E-state index in [0.29, 0.717) is 6.61 Å². The van der Waals surface area contributed by atoms with Crippen molar-refractivity contribution < 1.29 is 9.47 Å². The van der Waals surface area contributed by atoms with Gasteiger partial charge in [0.25, 0.3) is 0 Å². The molecule has 0 atom stereocenters. The summed E-state index contributed by atoms with van der Waals surface area (Å²) in [7, 11) is 1.70. The van der Waals surface area contributed by atoms with Crippen molar-refractivity contribution in [1.29, 1.82) is 0 Å². The molecule has 0 aliphatic heterocycles. The van der Waals surface area contributed by atoms with Gasteiger partial charge < -0.3 is 9.47 Å². The number of allylic oxidation sites excluding steroid dienone is 2. The first-order valence-electron chi connectivity index (χ1n) is 8.96. The van der Waals surface area contributed by atoms with Crippen LogP contribution in [-0.2, 0) is 10.2 Å². The Bertz CT molecular complexity index is 711. The molecule has 0 bridgehead atoms. The van der Waals surface area contributed by atoms with Crippen LogP contribution in [0.3, 0.4) is 0 Å². The Morgan fingerprint density at radius 3 is 2.44 bits per heavy atom. The van der Waals surface area contributed by atoms with Crippen molar-refractivity contribution in [2.75, 3.05) is 13.7 Å². The number of hydrogen-bond donors (Lipinski definition) is 0. The van der Waals surface area contributed by atoms with Crippen molar-refractivity contribution in [3.05, 3.63) is 66.5 Å². The molecule has 0 aliphatic carbocycles. The van der Waals surface area contributed by atoms with Crippen molar-refractivity contribution >= 4 is 10.8 Å². The molecule has 2 heteroatoms. The molecule has 0 unspecified atom stereocenters. The number of hydrogen-bond acceptors (Lipinski definition) is 2. The quantitative estimate of drug-likeness (QED) is 0.415. The average Bonchev–Trinajstić information content (AvgIpc) is 2.65. The smallest absolute Gasteiger partial charge is 0.124 e. The molecule has 0 fully saturated rings. The van der Waals surface area contributed by atoms with Crippen molar-refractivity contribution in [1.82, 2.24) is 0 Å². The lowest BCUT2D eigenvalue weighted by Crippen LogP contribution is -2.18. The Morgan fingerprint density at radius 1 is 1.12 bits per heavy atom. The SMILES string of the molecule is C=CCOc1ccc2ccccc2c1C(C)(C)C/C=C(\C)OC.CC. The number of fused-ring (bicyclic) bond motifs is 1. The largest absolute Gasteiger partial charge is 0.502 e. The van der Waals surface area contributed by atoms with E-state index in [4.69, 9.17) is 9.47 Å². The molecular formula is C23H32O2. The molecule has 0 saturated heterocycles. The molecule has 2 nitrogen and oxygen atoms in total. The van der Waals surface area contributed by atoms with E-state index in [2.05, 4.69) is 62.9 Å². The predicted molar refractivity (Wildman–Crippen MR) is 109 cm³/mol. The zero-order valence-corrected chi connectivity index (χ0v) is 16.6. The molecule has 2 aromatic rings. The molecule has 136 valence electrons. The Hall–Kier alpha value is -2.22. The van der Waals surface area contributed by atoms with E-state index in [0.717, 1.165) is 17.9 Å². The van der Waals surface area contributed by atoms with Gasteiger partial charge in [0.15, 0.2) is 0 Å². The van der Waals surface area contributed by atoms with Crippen LogP contribution in [0.2, 0.25) is 0 Å². The second kappa shape index (κ2) is 9.93. The monoisotopic (exact) mass is 340 g/mol. The molecule has 0 amide bonds. The highest BCUT2D eigenvalue weighted by molar-refractivity contribution is 5.88. The van der Waals surface area contributed by atoms with Crippen LogP contribution >= 0.6 is 0 Å². The standard InChI is InChI=1S/C21H26O2.C2H6/c1-6-15-23-19-12-11-17-9-7-8-10-18(17)20(19)21(3,4)14-13-16(2)22-5;1-2/h6-13H,1,14-15H2,2-5H3;1-2H3/b16-13+;. The van der Waals surface area contributed by atoms with Crippen LogP contribution < -0.4 is 4.74 Å². The average molecular weight is 341 g/mol. The zero-order valence-electron chi connectivity index (χ0n) is 16.6. The fourth-order valence-corrected chi connectivity index (χ4v) is 2.80. The summed E-state index contributed by atoms with van der Waals surface area (Å²) in [5.41, 5.74) is 1.16. The van der Waals surface area contributed by atoms with E-state index < -0.39 is 0 Å². The minimum absolute atomic E-state index is 0.0723. The summed E-state index contributed by atoms with van der Waals surface area (Å²) in [6.07, 6.45) is 4.80. The molecule has 2 rings (SSSR count). The molecular weight excluding hydrogens is 308 g/mol. The van der Waals surface area contributed by atoms with Gasteiger partial charge in [0, 0.05) is 5.56 Å². The summed E-state index contributed by atoms with van der Waals surface area (Å²) in [6.45, 7) is 14.7. The van der Waals surface area contributed by atoms with Crippen molar-refractivity contribution in [2.24, 2.45) is 0 Å². The summed E-state index contributed by atoms with van der Waals surface area (Å²) in [6, 6.07) is 12.6. The van der Waals surface area contributed by atoms with Gasteiger partial charge in [0.2, 0.25) is 0 Å². The molecule has 25 heavy (non-hydrogen) atoms. The van der Waals surface area contributed by atoms with Crippen molar-refractivity contribution in [3.8, 4) is 5.75 Å². The van der Waals surface area contributed by atoms with Crippen molar-refractivity contribution in [2.45, 2.75) is 46.5 Å². The molecule has 0 aliphatic rings. The van der Waals surface area contributed by atoms with E-state index >= 15 is 0 Å². The second-order valence-electron chi connectivity index (χ2n) is 6.37. The highest BCUT2D eigenvalue weighted by atomic mass is 16.5. The van der Waals surface area contributed by atoms with E-state index in [1.54, 1.807) is 13.2 Å². The predicted octanol–water partition coefficient (Wildman–Crippen LogP) is 6.65. The van der Waals surface area contributed by atoms with Crippen LogP contribution in [0.5, 0.6) is 5.75 Å². The third-order valence-electron chi connectivity index (χ3n) is 4.15. The van der Waals surface area contributed by atoms with E-state index in [-0.39, 0.29) is 5.41 Å². The van der Waals surface area contributed by atoms with E-state index in [9.17, 15) is 0 Å². The molecule has 0 radical (unpaired) electrons. The van der Waals surface area contributed by atoms with Gasteiger partial charge in [-0.3, -0.25) is 0 Å². The van der Waals surface area contributed by atoms with Gasteiger partial charge in [-0.2, -0.15) is 0 Å². The number of rotatable bonds is 7. The third kappa shape index (κ3) is 5.38. The summed E-state index contributed by atoms with van der Waals surface area (Å²) in [5, 5.41) is 2.47. The Morgan fingerprint density at radius 2 is 1.80 bits per heavy atom. The van der Waals surface area contributed by atoms with E-state index in [1.165, 1.54) is 16.3 Å². The lowest BCUT2D eigenvalue weighted by atomic mass is 9.78. The molecule has 0 heterocycles. The maximum absolute atomic E-state index is 5.94. The maximum atomic E-state index is 5.94. The lowest BCUT2D eigenvalue weighted by Gasteiger charge is -2.28. The number of methoxy groups -OCH3 is 1. The molecule has 0 spiro atoms. The van der Waals surface area contributed by atoms with Crippen LogP contribution in [0.25, 0.3) is 10.8 Å². The summed E-state index contributed by atoms with van der Waals surface area (Å²) < 4.78 is 11.2. The molecule has 0 N–H and O–H groups in total. The fourth-order valence-electron chi connectivity index (χ4n) is 2.80. The molecule has 0 aromatic heterocycles. The van der Waals surface area contributed by atoms with Crippen LogP contribution in [0.4, 0.5) is 0 Å². The van der Waals surface area contributed by atoms with Gasteiger partial charge in [0.05, 0.1) is 12.9 Å². The van der Waals surface area contributed by atoms with E-state index in [1.807, 2.05) is 20.8 Å². The Kier molecular flexibility index (Phi) is 8.27. The van der Waals surface area contributed by atoms with Crippen LogP contribution in [0, 0.1) is 0 Å². The first kappa shape index (κ1) is 20.8. The first-order valence-corrected chi connectivity index (χ1v) is 8.96. The zero-order chi connectivity index (χ0) is 18.9. The summed E-state index contributed by atoms with van der Waals surface area (Å²) >= 11 is 0. The topological polar surface area (TPSA) is 18.5 Å². The maximum Gasteiger partial charge on any atom is 0.124 e. The second-order valence-corrected chi connectivity index (χ2v) is 6.37. The highest BCUT2D eigenvalue weighted by Gasteiger charge is 2.26. The van der Waals surface area contributed by atoms with Gasteiger partial charge >= 0.3 is 0 Å². The normalized spacial score (nSPS) is 11.5. The number of benzene rings is 2. The summed E-state index contributed by atoms with van der Waals surface area (Å²) in [5.74, 6) is 1.86. The fraction of sp³-hybridized carbons (Fsp3) is 0.391. The molecule has 2 aromatic carbocycles. The minimum atomic E-state index is -0.0723. The summed E-state index contributed by atoms with van der Waals surface area (Å²) in [4.78, 5) is 0. The van der Waals surface area contributed by atoms with Crippen LogP contribution in [-0.4, -0.2) is 13.7 Å². The van der Waals surface area contributed by atoms with Gasteiger partial charge in [-0.05, 0) is 41.7 Å². The van der Waals surface area contributed by atoms with Crippen LogP contribution in [0.1, 0.15) is 46.6 Å². The Labute approximate surface area is 153 Å².